The highest BCUT2D eigenvalue weighted by Gasteiger charge is 2.40. The first-order chi connectivity index (χ1) is 11.7. The molecule has 4 atom stereocenters. The normalized spacial score (nSPS) is 24.4. The third kappa shape index (κ3) is 4.57. The quantitative estimate of drug-likeness (QED) is 0.701. The molecule has 5 heteroatoms. The molecule has 1 aliphatic heterocycles. The molecule has 1 heterocycles. The molecule has 3 nitrogen and oxygen atoms in total. The van der Waals surface area contributed by atoms with Gasteiger partial charge in [0.1, 0.15) is 5.82 Å². The Kier molecular flexibility index (Phi) is 6.57. The molecule has 0 bridgehead atoms. The summed E-state index contributed by atoms with van der Waals surface area (Å²) in [5.41, 5.74) is 1.01. The van der Waals surface area contributed by atoms with Gasteiger partial charge in [0.15, 0.2) is 0 Å². The fourth-order valence-corrected chi connectivity index (χ4v) is 5.03. The standard InChI is InChI=1S/C20H31FN2OS/c1-7-13-23-18(15(2)22(6)25(24)20(3,4)5)11-12-19(23)16-9-8-10-17(21)14-16/h7-10,14-15,18-19H,1,11-13H2,2-6H3/t15-,18+,19-,25-/m0/s1. The molecule has 0 unspecified atom stereocenters. The van der Waals surface area contributed by atoms with Crippen molar-refractivity contribution in [3.05, 3.63) is 48.3 Å². The van der Waals surface area contributed by atoms with Crippen LogP contribution in [0.3, 0.4) is 0 Å². The SMILES string of the molecule is C=CCN1[C@@H]([C@H](C)N(C)[S@@](=O)C(C)(C)C)CC[C@H]1c1cccc(F)c1. The third-order valence-electron chi connectivity index (χ3n) is 5.05. The molecule has 0 saturated carbocycles. The molecule has 1 aliphatic rings. The van der Waals surface area contributed by atoms with Gasteiger partial charge >= 0.3 is 0 Å². The van der Waals surface area contributed by atoms with Crippen LogP contribution in [-0.2, 0) is 11.0 Å². The van der Waals surface area contributed by atoms with E-state index in [0.29, 0.717) is 0 Å². The van der Waals surface area contributed by atoms with E-state index in [0.717, 1.165) is 24.9 Å². The molecule has 0 radical (unpaired) electrons. The second kappa shape index (κ2) is 8.11. The first-order valence-corrected chi connectivity index (χ1v) is 10.0. The largest absolute Gasteiger partial charge is 0.288 e. The molecule has 1 aromatic carbocycles. The van der Waals surface area contributed by atoms with E-state index in [9.17, 15) is 8.60 Å². The Morgan fingerprint density at radius 3 is 2.68 bits per heavy atom. The number of halogens is 1. The van der Waals surface area contributed by atoms with E-state index in [1.165, 1.54) is 6.07 Å². The molecule has 1 aromatic rings. The summed E-state index contributed by atoms with van der Waals surface area (Å²) in [4.78, 5) is 2.38. The first kappa shape index (κ1) is 20.3. The van der Waals surface area contributed by atoms with Crippen LogP contribution in [0.1, 0.15) is 52.1 Å². The minimum atomic E-state index is -1.07. The Morgan fingerprint density at radius 1 is 1.44 bits per heavy atom. The molecule has 1 fully saturated rings. The Balaban J connectivity index is 2.23. The molecular weight excluding hydrogens is 335 g/mol. The summed E-state index contributed by atoms with van der Waals surface area (Å²) in [6, 6.07) is 7.46. The first-order valence-electron chi connectivity index (χ1n) is 8.93. The van der Waals surface area contributed by atoms with Crippen molar-refractivity contribution >= 4 is 11.0 Å². The van der Waals surface area contributed by atoms with Gasteiger partial charge in [-0.3, -0.25) is 4.90 Å². The van der Waals surface area contributed by atoms with E-state index < -0.39 is 11.0 Å². The van der Waals surface area contributed by atoms with Crippen LogP contribution in [0.5, 0.6) is 0 Å². The molecule has 0 amide bonds. The number of hydrogen-bond acceptors (Lipinski definition) is 2. The maximum absolute atomic E-state index is 13.7. The zero-order valence-corrected chi connectivity index (χ0v) is 16.9. The summed E-state index contributed by atoms with van der Waals surface area (Å²) in [6.45, 7) is 12.8. The maximum atomic E-state index is 13.7. The van der Waals surface area contributed by atoms with Crippen molar-refractivity contribution < 1.29 is 8.60 Å². The zero-order valence-electron chi connectivity index (χ0n) is 16.0. The van der Waals surface area contributed by atoms with Crippen molar-refractivity contribution in [2.24, 2.45) is 0 Å². The lowest BCUT2D eigenvalue weighted by Crippen LogP contribution is -2.50. The Hall–Kier alpha value is -1.04. The van der Waals surface area contributed by atoms with Gasteiger partial charge in [0, 0.05) is 31.7 Å². The van der Waals surface area contributed by atoms with Gasteiger partial charge in [-0.1, -0.05) is 18.2 Å². The third-order valence-corrected chi connectivity index (χ3v) is 6.95. The highest BCUT2D eigenvalue weighted by molar-refractivity contribution is 7.84. The molecule has 1 saturated heterocycles. The van der Waals surface area contributed by atoms with Gasteiger partial charge in [0.2, 0.25) is 0 Å². The summed E-state index contributed by atoms with van der Waals surface area (Å²) in [5, 5.41) is 0. The summed E-state index contributed by atoms with van der Waals surface area (Å²) in [7, 11) is 0.873. The highest BCUT2D eigenvalue weighted by atomic mass is 32.2. The molecule has 25 heavy (non-hydrogen) atoms. The monoisotopic (exact) mass is 366 g/mol. The smallest absolute Gasteiger partial charge is 0.123 e. The Labute approximate surface area is 154 Å². The summed E-state index contributed by atoms with van der Waals surface area (Å²) >= 11 is 0. The summed E-state index contributed by atoms with van der Waals surface area (Å²) in [5.74, 6) is -0.196. The number of benzene rings is 1. The van der Waals surface area contributed by atoms with Gasteiger partial charge in [-0.05, 0) is 58.2 Å². The number of hydrogen-bond donors (Lipinski definition) is 0. The van der Waals surface area contributed by atoms with E-state index >= 15 is 0 Å². The fourth-order valence-electron chi connectivity index (χ4n) is 3.72. The van der Waals surface area contributed by atoms with Crippen LogP contribution in [-0.4, -0.2) is 43.8 Å². The minimum absolute atomic E-state index is 0.138. The maximum Gasteiger partial charge on any atom is 0.123 e. The average molecular weight is 367 g/mol. The minimum Gasteiger partial charge on any atom is -0.288 e. The van der Waals surface area contributed by atoms with E-state index in [-0.39, 0.29) is 28.7 Å². The second-order valence-electron chi connectivity index (χ2n) is 7.85. The van der Waals surface area contributed by atoms with E-state index in [1.807, 2.05) is 44.3 Å². The van der Waals surface area contributed by atoms with Crippen LogP contribution in [0, 0.1) is 5.82 Å². The van der Waals surface area contributed by atoms with Crippen molar-refractivity contribution in [2.75, 3.05) is 13.6 Å². The number of likely N-dealkylation sites (N-methyl/N-ethyl adjacent to an activating group) is 1. The van der Waals surface area contributed by atoms with Crippen LogP contribution >= 0.6 is 0 Å². The zero-order chi connectivity index (χ0) is 18.8. The van der Waals surface area contributed by atoms with Gasteiger partial charge in [-0.25, -0.2) is 12.9 Å². The van der Waals surface area contributed by atoms with Crippen LogP contribution in [0.4, 0.5) is 4.39 Å². The van der Waals surface area contributed by atoms with Gasteiger partial charge < -0.3 is 0 Å². The van der Waals surface area contributed by atoms with Gasteiger partial charge in [0.25, 0.3) is 0 Å². The van der Waals surface area contributed by atoms with Crippen LogP contribution in [0.15, 0.2) is 36.9 Å². The van der Waals surface area contributed by atoms with Crippen molar-refractivity contribution in [2.45, 2.75) is 63.4 Å². The summed E-state index contributed by atoms with van der Waals surface area (Å²) in [6.07, 6.45) is 3.88. The van der Waals surface area contributed by atoms with Gasteiger partial charge in [-0.15, -0.1) is 6.58 Å². The molecule has 0 N–H and O–H groups in total. The van der Waals surface area contributed by atoms with Gasteiger partial charge in [0.05, 0.1) is 15.7 Å². The number of likely N-dealkylation sites (tertiary alicyclic amines) is 1. The fraction of sp³-hybridized carbons (Fsp3) is 0.600. The van der Waals surface area contributed by atoms with E-state index in [2.05, 4.69) is 18.4 Å². The van der Waals surface area contributed by atoms with Crippen LogP contribution in [0.2, 0.25) is 0 Å². The molecule has 0 aromatic heterocycles. The van der Waals surface area contributed by atoms with Crippen LogP contribution in [0.25, 0.3) is 0 Å². The lowest BCUT2D eigenvalue weighted by Gasteiger charge is -2.38. The molecule has 0 aliphatic carbocycles. The predicted molar refractivity (Wildman–Crippen MR) is 104 cm³/mol. The molecular formula is C20H31FN2OS. The van der Waals surface area contributed by atoms with E-state index in [4.69, 9.17) is 0 Å². The lowest BCUT2D eigenvalue weighted by molar-refractivity contribution is 0.159. The predicted octanol–water partition coefficient (Wildman–Crippen LogP) is 4.30. The van der Waals surface area contributed by atoms with Crippen molar-refractivity contribution in [3.8, 4) is 0 Å². The number of nitrogens with zero attached hydrogens (tertiary/aromatic N) is 2. The second-order valence-corrected chi connectivity index (χ2v) is 10.1. The van der Waals surface area contributed by atoms with Crippen molar-refractivity contribution in [1.29, 1.82) is 0 Å². The molecule has 0 spiro atoms. The van der Waals surface area contributed by atoms with Crippen molar-refractivity contribution in [3.63, 3.8) is 0 Å². The topological polar surface area (TPSA) is 23.6 Å². The highest BCUT2D eigenvalue weighted by Crippen LogP contribution is 2.38. The summed E-state index contributed by atoms with van der Waals surface area (Å²) < 4.78 is 28.1. The molecule has 140 valence electrons. The average Bonchev–Trinajstić information content (AvgIpc) is 2.96. The van der Waals surface area contributed by atoms with E-state index in [1.54, 1.807) is 12.1 Å². The number of rotatable bonds is 6. The lowest BCUT2D eigenvalue weighted by atomic mass is 10.0. The van der Waals surface area contributed by atoms with Crippen LogP contribution < -0.4 is 0 Å². The van der Waals surface area contributed by atoms with Gasteiger partial charge in [-0.2, -0.15) is 0 Å². The van der Waals surface area contributed by atoms with Crippen molar-refractivity contribution in [1.82, 2.24) is 9.21 Å². The molecule has 2 rings (SSSR count). The Bertz CT molecular complexity index is 628. The Morgan fingerprint density at radius 2 is 2.12 bits per heavy atom.